The average Bonchev–Trinajstić information content (AvgIpc) is 2.37. The number of halogens is 3. The highest BCUT2D eigenvalue weighted by Crippen LogP contribution is 2.26. The van der Waals surface area contributed by atoms with Gasteiger partial charge in [0, 0.05) is 11.1 Å². The minimum absolute atomic E-state index is 0.0978. The number of ketones is 1. The molecule has 1 atom stereocenters. The van der Waals surface area contributed by atoms with Crippen molar-refractivity contribution in [2.45, 2.75) is 25.1 Å². The molecule has 6 heteroatoms. The average molecular weight is 335 g/mol. The first kappa shape index (κ1) is 15.8. The van der Waals surface area contributed by atoms with E-state index in [0.29, 0.717) is 0 Å². The molecule has 0 spiro atoms. The highest BCUT2D eigenvalue weighted by atomic mass is 79.9. The molecule has 19 heavy (non-hydrogen) atoms. The van der Waals surface area contributed by atoms with Crippen LogP contribution in [0.15, 0.2) is 18.2 Å². The van der Waals surface area contributed by atoms with Crippen molar-refractivity contribution in [3.05, 3.63) is 34.9 Å². The first-order chi connectivity index (χ1) is 8.88. The molecule has 0 saturated carbocycles. The Labute approximate surface area is 118 Å². The molecule has 0 N–H and O–H groups in total. The third kappa shape index (κ3) is 3.83. The third-order valence-corrected chi connectivity index (χ3v) is 2.84. The van der Waals surface area contributed by atoms with E-state index in [0.717, 1.165) is 6.07 Å². The predicted molar refractivity (Wildman–Crippen MR) is 70.1 cm³/mol. The Hall–Kier alpha value is -1.30. The first-order valence-electron chi connectivity index (χ1n) is 5.66. The molecular weight excluding hydrogens is 322 g/mol. The summed E-state index contributed by atoms with van der Waals surface area (Å²) >= 11 is 3.08. The van der Waals surface area contributed by atoms with Gasteiger partial charge in [0.25, 0.3) is 6.43 Å². The van der Waals surface area contributed by atoms with E-state index in [4.69, 9.17) is 4.74 Å². The Morgan fingerprint density at radius 1 is 1.37 bits per heavy atom. The molecule has 1 unspecified atom stereocenters. The Kier molecular flexibility index (Phi) is 5.60. The fraction of sp³-hybridized carbons (Fsp3) is 0.385. The van der Waals surface area contributed by atoms with E-state index >= 15 is 0 Å². The number of carbonyl (C=O) groups is 2. The van der Waals surface area contributed by atoms with Crippen molar-refractivity contribution < 1.29 is 23.1 Å². The fourth-order valence-corrected chi connectivity index (χ4v) is 1.79. The van der Waals surface area contributed by atoms with Crippen molar-refractivity contribution in [3.63, 3.8) is 0 Å². The lowest BCUT2D eigenvalue weighted by molar-refractivity contribution is 0.0515. The summed E-state index contributed by atoms with van der Waals surface area (Å²) in [6.45, 7) is 3.29. The van der Waals surface area contributed by atoms with Crippen LogP contribution in [0.5, 0.6) is 0 Å². The SMILES string of the molecule is CCOC(=O)c1ccc(C(=O)C(C)Br)cc1C(F)F. The molecule has 0 bridgehead atoms. The molecule has 0 aliphatic rings. The van der Waals surface area contributed by atoms with Crippen LogP contribution in [0, 0.1) is 0 Å². The summed E-state index contributed by atoms with van der Waals surface area (Å²) in [6, 6.07) is 3.58. The van der Waals surface area contributed by atoms with Crippen LogP contribution >= 0.6 is 15.9 Å². The number of carbonyl (C=O) groups excluding carboxylic acids is 2. The number of ether oxygens (including phenoxy) is 1. The lowest BCUT2D eigenvalue weighted by Gasteiger charge is -2.10. The number of esters is 1. The molecule has 1 aromatic rings. The van der Waals surface area contributed by atoms with Gasteiger partial charge in [-0.05, 0) is 26.0 Å². The molecule has 0 aliphatic carbocycles. The highest BCUT2D eigenvalue weighted by molar-refractivity contribution is 9.10. The van der Waals surface area contributed by atoms with Crippen LogP contribution in [0.25, 0.3) is 0 Å². The maximum atomic E-state index is 12.9. The van der Waals surface area contributed by atoms with Gasteiger partial charge in [-0.25, -0.2) is 13.6 Å². The molecule has 1 aromatic carbocycles. The Morgan fingerprint density at radius 3 is 2.47 bits per heavy atom. The quantitative estimate of drug-likeness (QED) is 0.467. The van der Waals surface area contributed by atoms with Crippen molar-refractivity contribution in [1.82, 2.24) is 0 Å². The van der Waals surface area contributed by atoms with E-state index in [1.165, 1.54) is 12.1 Å². The lowest BCUT2D eigenvalue weighted by Crippen LogP contribution is -2.13. The zero-order valence-corrected chi connectivity index (χ0v) is 12.0. The molecule has 104 valence electrons. The van der Waals surface area contributed by atoms with Crippen molar-refractivity contribution >= 4 is 27.7 Å². The molecule has 1 rings (SSSR count). The second-order valence-corrected chi connectivity index (χ2v) is 5.18. The van der Waals surface area contributed by atoms with Crippen molar-refractivity contribution in [2.75, 3.05) is 6.61 Å². The van der Waals surface area contributed by atoms with Crippen LogP contribution < -0.4 is 0 Å². The largest absolute Gasteiger partial charge is 0.462 e. The zero-order valence-electron chi connectivity index (χ0n) is 10.5. The molecule has 0 radical (unpaired) electrons. The predicted octanol–water partition coefficient (Wildman–Crippen LogP) is 3.77. The lowest BCUT2D eigenvalue weighted by atomic mass is 10.0. The summed E-state index contributed by atoms with van der Waals surface area (Å²) in [5, 5.41) is 0. The van der Waals surface area contributed by atoms with Gasteiger partial charge in [0.05, 0.1) is 17.0 Å². The standard InChI is InChI=1S/C13H13BrF2O3/c1-3-19-13(18)9-5-4-8(11(17)7(2)14)6-10(9)12(15)16/h4-7,12H,3H2,1-2H3. The second-order valence-electron chi connectivity index (χ2n) is 3.80. The number of hydrogen-bond donors (Lipinski definition) is 0. The van der Waals surface area contributed by atoms with E-state index in [1.54, 1.807) is 13.8 Å². The van der Waals surface area contributed by atoms with E-state index in [-0.39, 0.29) is 23.5 Å². The van der Waals surface area contributed by atoms with Crippen LogP contribution in [0.1, 0.15) is 46.6 Å². The van der Waals surface area contributed by atoms with E-state index in [2.05, 4.69) is 15.9 Å². The molecule has 0 saturated heterocycles. The van der Waals surface area contributed by atoms with Gasteiger partial charge in [0.1, 0.15) is 0 Å². The van der Waals surface area contributed by atoms with Crippen LogP contribution in [0.2, 0.25) is 0 Å². The molecule has 3 nitrogen and oxygen atoms in total. The summed E-state index contributed by atoms with van der Waals surface area (Å²) in [4.78, 5) is 22.8. The summed E-state index contributed by atoms with van der Waals surface area (Å²) < 4.78 is 30.6. The minimum atomic E-state index is -2.85. The monoisotopic (exact) mass is 334 g/mol. The Morgan fingerprint density at radius 2 is 2.00 bits per heavy atom. The number of benzene rings is 1. The normalized spacial score (nSPS) is 12.3. The van der Waals surface area contributed by atoms with Crippen molar-refractivity contribution in [2.24, 2.45) is 0 Å². The van der Waals surface area contributed by atoms with Crippen molar-refractivity contribution in [1.29, 1.82) is 0 Å². The minimum Gasteiger partial charge on any atom is -0.462 e. The molecule has 0 aliphatic heterocycles. The number of alkyl halides is 3. The third-order valence-electron chi connectivity index (χ3n) is 2.43. The van der Waals surface area contributed by atoms with Gasteiger partial charge in [-0.1, -0.05) is 22.0 Å². The van der Waals surface area contributed by atoms with Gasteiger partial charge < -0.3 is 4.74 Å². The number of rotatable bonds is 5. The number of Topliss-reactive ketones (excluding diaryl/α,β-unsaturated/α-hetero) is 1. The molecule has 0 heterocycles. The second kappa shape index (κ2) is 6.75. The summed E-state index contributed by atoms with van der Waals surface area (Å²) in [6.07, 6.45) is -2.85. The Bertz CT molecular complexity index is 487. The summed E-state index contributed by atoms with van der Waals surface area (Å²) in [5.41, 5.74) is -0.569. The number of hydrogen-bond acceptors (Lipinski definition) is 3. The summed E-state index contributed by atoms with van der Waals surface area (Å²) in [5.74, 6) is -1.14. The molecule has 0 fully saturated rings. The van der Waals surface area contributed by atoms with Gasteiger partial charge in [0.2, 0.25) is 0 Å². The summed E-state index contributed by atoms with van der Waals surface area (Å²) in [7, 11) is 0. The topological polar surface area (TPSA) is 43.4 Å². The maximum Gasteiger partial charge on any atom is 0.338 e. The van der Waals surface area contributed by atoms with Crippen LogP contribution in [-0.4, -0.2) is 23.2 Å². The van der Waals surface area contributed by atoms with Gasteiger partial charge in [0.15, 0.2) is 5.78 Å². The molecule has 0 aromatic heterocycles. The van der Waals surface area contributed by atoms with Crippen LogP contribution in [-0.2, 0) is 4.74 Å². The fourth-order valence-electron chi connectivity index (χ4n) is 1.52. The van der Waals surface area contributed by atoms with Gasteiger partial charge in [-0.15, -0.1) is 0 Å². The highest BCUT2D eigenvalue weighted by Gasteiger charge is 2.22. The molecular formula is C13H13BrF2O3. The van der Waals surface area contributed by atoms with E-state index in [9.17, 15) is 18.4 Å². The zero-order chi connectivity index (χ0) is 14.6. The van der Waals surface area contributed by atoms with Crippen molar-refractivity contribution in [3.8, 4) is 0 Å². The maximum absolute atomic E-state index is 12.9. The van der Waals surface area contributed by atoms with Gasteiger partial charge in [-0.2, -0.15) is 0 Å². The van der Waals surface area contributed by atoms with Crippen LogP contribution in [0.3, 0.4) is 0 Å². The smallest absolute Gasteiger partial charge is 0.338 e. The van der Waals surface area contributed by atoms with E-state index in [1.807, 2.05) is 0 Å². The van der Waals surface area contributed by atoms with Gasteiger partial charge in [-0.3, -0.25) is 4.79 Å². The Balaban J connectivity index is 3.22. The van der Waals surface area contributed by atoms with Crippen LogP contribution in [0.4, 0.5) is 8.78 Å². The van der Waals surface area contributed by atoms with E-state index < -0.39 is 22.8 Å². The van der Waals surface area contributed by atoms with Gasteiger partial charge >= 0.3 is 5.97 Å². The first-order valence-corrected chi connectivity index (χ1v) is 6.57. The molecule has 0 amide bonds.